The number of hydrogen-bond donors (Lipinski definition) is 1. The van der Waals surface area contributed by atoms with Gasteiger partial charge in [-0.05, 0) is 26.0 Å². The van der Waals surface area contributed by atoms with Gasteiger partial charge in [0.05, 0.1) is 24.4 Å². The first-order valence-electron chi connectivity index (χ1n) is 6.57. The van der Waals surface area contributed by atoms with Crippen molar-refractivity contribution in [1.29, 1.82) is 0 Å². The number of allylic oxidation sites excluding steroid dienone is 1. The number of carbonyl (C=O) groups excluding carboxylic acids is 1. The fourth-order valence-electron chi connectivity index (χ4n) is 2.10. The number of ether oxygens (including phenoxy) is 1. The van der Waals surface area contributed by atoms with Gasteiger partial charge >= 0.3 is 5.97 Å². The number of carboxylic acid groups (broad SMARTS) is 1. The zero-order valence-electron chi connectivity index (χ0n) is 11.9. The van der Waals surface area contributed by atoms with E-state index in [9.17, 15) is 9.59 Å². The van der Waals surface area contributed by atoms with Gasteiger partial charge in [-0.2, -0.15) is 10.1 Å². The van der Waals surface area contributed by atoms with Crippen LogP contribution < -0.4 is 5.01 Å². The summed E-state index contributed by atoms with van der Waals surface area (Å²) in [6.07, 6.45) is -0.325. The van der Waals surface area contributed by atoms with E-state index < -0.39 is 5.97 Å². The van der Waals surface area contributed by atoms with Crippen LogP contribution in [-0.4, -0.2) is 29.3 Å². The Balaban J connectivity index is 2.43. The van der Waals surface area contributed by atoms with Gasteiger partial charge in [0.25, 0.3) is 5.91 Å². The summed E-state index contributed by atoms with van der Waals surface area (Å²) in [6.45, 7) is 3.84. The van der Waals surface area contributed by atoms with E-state index in [1.54, 1.807) is 38.1 Å². The Morgan fingerprint density at radius 1 is 1.33 bits per heavy atom. The molecule has 1 aromatic rings. The third kappa shape index (κ3) is 3.10. The molecule has 1 aliphatic rings. The van der Waals surface area contributed by atoms with Crippen molar-refractivity contribution in [2.45, 2.75) is 20.3 Å². The maximum atomic E-state index is 12.5. The normalized spacial score (nSPS) is 16.8. The van der Waals surface area contributed by atoms with Gasteiger partial charge < -0.3 is 9.84 Å². The van der Waals surface area contributed by atoms with Crippen LogP contribution in [0, 0.1) is 0 Å². The smallest absolute Gasteiger partial charge is 0.309 e. The molecule has 1 amide bonds. The van der Waals surface area contributed by atoms with Gasteiger partial charge in [-0.1, -0.05) is 18.2 Å². The summed E-state index contributed by atoms with van der Waals surface area (Å²) in [7, 11) is 0. The van der Waals surface area contributed by atoms with Crippen LogP contribution >= 0.6 is 0 Å². The number of nitrogens with zero attached hydrogens (tertiary/aromatic N) is 2. The number of hydrazone groups is 1. The van der Waals surface area contributed by atoms with Crippen molar-refractivity contribution in [3.63, 3.8) is 0 Å². The Kier molecular flexibility index (Phi) is 4.37. The highest BCUT2D eigenvalue weighted by Crippen LogP contribution is 2.26. The molecule has 0 aliphatic carbocycles. The molecule has 0 radical (unpaired) electrons. The van der Waals surface area contributed by atoms with Gasteiger partial charge in [0.2, 0.25) is 0 Å². The molecule has 0 aromatic heterocycles. The second kappa shape index (κ2) is 6.21. The molecule has 0 saturated carbocycles. The molecule has 110 valence electrons. The summed E-state index contributed by atoms with van der Waals surface area (Å²) in [5.41, 5.74) is 1.02. The molecule has 0 bridgehead atoms. The first-order valence-corrected chi connectivity index (χ1v) is 6.57. The SMILES string of the molecule is CCOC(C)=C1C(=O)N(c2ccccc2)N=C1CC(=O)O. The fraction of sp³-hybridized carbons (Fsp3) is 0.267. The van der Waals surface area contributed by atoms with Crippen molar-refractivity contribution < 1.29 is 19.4 Å². The third-order valence-electron chi connectivity index (χ3n) is 2.95. The second-order valence-corrected chi connectivity index (χ2v) is 4.43. The van der Waals surface area contributed by atoms with E-state index in [-0.39, 0.29) is 23.6 Å². The minimum absolute atomic E-state index is 0.210. The molecular formula is C15H16N2O4. The first kappa shape index (κ1) is 14.8. The van der Waals surface area contributed by atoms with Crippen molar-refractivity contribution in [2.75, 3.05) is 11.6 Å². The maximum Gasteiger partial charge on any atom is 0.309 e. The summed E-state index contributed by atoms with van der Waals surface area (Å²) in [5.74, 6) is -1.03. The van der Waals surface area contributed by atoms with Gasteiger partial charge in [-0.25, -0.2) is 0 Å². The van der Waals surface area contributed by atoms with E-state index in [1.807, 2.05) is 6.07 Å². The predicted molar refractivity (Wildman–Crippen MR) is 77.9 cm³/mol. The summed E-state index contributed by atoms with van der Waals surface area (Å²) < 4.78 is 5.35. The summed E-state index contributed by atoms with van der Waals surface area (Å²) in [5, 5.41) is 14.3. The van der Waals surface area contributed by atoms with Crippen molar-refractivity contribution in [2.24, 2.45) is 5.10 Å². The molecule has 0 unspecified atom stereocenters. The Morgan fingerprint density at radius 3 is 2.57 bits per heavy atom. The monoisotopic (exact) mass is 288 g/mol. The molecule has 1 aliphatic heterocycles. The van der Waals surface area contributed by atoms with Crippen molar-refractivity contribution >= 4 is 23.3 Å². The molecule has 1 aromatic carbocycles. The highest BCUT2D eigenvalue weighted by molar-refractivity contribution is 6.32. The van der Waals surface area contributed by atoms with Crippen LogP contribution in [0.15, 0.2) is 46.8 Å². The molecular weight excluding hydrogens is 272 g/mol. The van der Waals surface area contributed by atoms with Gasteiger partial charge in [0, 0.05) is 0 Å². The predicted octanol–water partition coefficient (Wildman–Crippen LogP) is 2.17. The molecule has 0 spiro atoms. The number of para-hydroxylation sites is 1. The van der Waals surface area contributed by atoms with E-state index in [0.717, 1.165) is 0 Å². The van der Waals surface area contributed by atoms with Gasteiger partial charge in [0.1, 0.15) is 11.3 Å². The Hall–Kier alpha value is -2.63. The van der Waals surface area contributed by atoms with Gasteiger partial charge in [-0.3, -0.25) is 9.59 Å². The number of hydrogen-bond acceptors (Lipinski definition) is 4. The highest BCUT2D eigenvalue weighted by Gasteiger charge is 2.34. The average molecular weight is 288 g/mol. The minimum atomic E-state index is -1.04. The molecule has 0 saturated heterocycles. The van der Waals surface area contributed by atoms with Crippen LogP contribution in [0.1, 0.15) is 20.3 Å². The summed E-state index contributed by atoms with van der Waals surface area (Å²) in [6, 6.07) is 8.86. The molecule has 1 heterocycles. The Labute approximate surface area is 122 Å². The number of rotatable bonds is 5. The van der Waals surface area contributed by atoms with Gasteiger partial charge in [0.15, 0.2) is 0 Å². The van der Waals surface area contributed by atoms with Crippen LogP contribution in [0.4, 0.5) is 5.69 Å². The Morgan fingerprint density at radius 2 is 2.00 bits per heavy atom. The standard InChI is InChI=1S/C15H16N2O4/c1-3-21-10(2)14-12(9-13(18)19)16-17(15(14)20)11-7-5-4-6-8-11/h4-8H,3,9H2,1-2H3,(H,18,19). The van der Waals surface area contributed by atoms with Crippen molar-refractivity contribution in [1.82, 2.24) is 0 Å². The molecule has 1 N–H and O–H groups in total. The van der Waals surface area contributed by atoms with Crippen LogP contribution in [0.2, 0.25) is 0 Å². The maximum absolute atomic E-state index is 12.5. The van der Waals surface area contributed by atoms with Crippen molar-refractivity contribution in [3.05, 3.63) is 41.7 Å². The van der Waals surface area contributed by atoms with Crippen LogP contribution in [0.3, 0.4) is 0 Å². The van der Waals surface area contributed by atoms with E-state index in [4.69, 9.17) is 9.84 Å². The first-order chi connectivity index (χ1) is 10.0. The minimum Gasteiger partial charge on any atom is -0.498 e. The van der Waals surface area contributed by atoms with Crippen LogP contribution in [-0.2, 0) is 14.3 Å². The molecule has 6 heteroatoms. The summed E-state index contributed by atoms with van der Waals surface area (Å²) >= 11 is 0. The molecule has 0 fully saturated rings. The molecule has 2 rings (SSSR count). The van der Waals surface area contributed by atoms with E-state index in [1.165, 1.54) is 5.01 Å². The van der Waals surface area contributed by atoms with Crippen LogP contribution in [0.25, 0.3) is 0 Å². The van der Waals surface area contributed by atoms with Crippen molar-refractivity contribution in [3.8, 4) is 0 Å². The lowest BCUT2D eigenvalue weighted by Gasteiger charge is -2.12. The van der Waals surface area contributed by atoms with E-state index >= 15 is 0 Å². The molecule has 6 nitrogen and oxygen atoms in total. The number of aliphatic carboxylic acids is 1. The second-order valence-electron chi connectivity index (χ2n) is 4.43. The number of anilines is 1. The van der Waals surface area contributed by atoms with Crippen LogP contribution in [0.5, 0.6) is 0 Å². The topological polar surface area (TPSA) is 79.2 Å². The largest absolute Gasteiger partial charge is 0.498 e. The van der Waals surface area contributed by atoms with Gasteiger partial charge in [-0.15, -0.1) is 0 Å². The molecule has 21 heavy (non-hydrogen) atoms. The van der Waals surface area contributed by atoms with E-state index in [2.05, 4.69) is 5.10 Å². The lowest BCUT2D eigenvalue weighted by Crippen LogP contribution is -2.22. The molecule has 0 atom stereocenters. The average Bonchev–Trinajstić information content (AvgIpc) is 2.76. The quantitative estimate of drug-likeness (QED) is 0.665. The fourth-order valence-corrected chi connectivity index (χ4v) is 2.10. The summed E-state index contributed by atoms with van der Waals surface area (Å²) in [4.78, 5) is 23.5. The highest BCUT2D eigenvalue weighted by atomic mass is 16.5. The number of amides is 1. The Bertz CT molecular complexity index is 620. The lowest BCUT2D eigenvalue weighted by atomic mass is 10.1. The zero-order valence-corrected chi connectivity index (χ0v) is 11.9. The zero-order chi connectivity index (χ0) is 15.4. The third-order valence-corrected chi connectivity index (χ3v) is 2.95. The number of carboxylic acids is 1. The lowest BCUT2D eigenvalue weighted by molar-refractivity contribution is -0.135. The number of benzene rings is 1. The van der Waals surface area contributed by atoms with E-state index in [0.29, 0.717) is 18.1 Å². The number of carbonyl (C=O) groups is 2.